The zero-order valence-electron chi connectivity index (χ0n) is 16.7. The number of carbonyl (C=O) groups excluding carboxylic acids is 2. The molecule has 2 amide bonds. The number of carbonyl (C=O) groups is 2. The molecule has 9 heteroatoms. The van der Waals surface area contributed by atoms with E-state index in [1.54, 1.807) is 53.7 Å². The predicted octanol–water partition coefficient (Wildman–Crippen LogP) is 2.62. The lowest BCUT2D eigenvalue weighted by molar-refractivity contribution is -0.116. The molecule has 1 aromatic rings. The van der Waals surface area contributed by atoms with Crippen LogP contribution in [0.25, 0.3) is 0 Å². The highest BCUT2D eigenvalue weighted by Crippen LogP contribution is 2.17. The molecule has 0 heterocycles. The van der Waals surface area contributed by atoms with Gasteiger partial charge in [-0.25, -0.2) is 17.9 Å². The third-order valence-electron chi connectivity index (χ3n) is 2.89. The van der Waals surface area contributed by atoms with Gasteiger partial charge in [-0.1, -0.05) is 6.07 Å². The Labute approximate surface area is 161 Å². The molecule has 1 aromatic carbocycles. The van der Waals surface area contributed by atoms with Crippen LogP contribution in [0.2, 0.25) is 0 Å². The van der Waals surface area contributed by atoms with Crippen molar-refractivity contribution in [3.63, 3.8) is 0 Å². The summed E-state index contributed by atoms with van der Waals surface area (Å²) in [4.78, 5) is 23.6. The average Bonchev–Trinajstić information content (AvgIpc) is 2.43. The SMILES string of the molecule is CC(C)(C)NS(=O)(=O)c1cccc(NC(=O)CCNC(=O)OC(C)(C)C)c1. The van der Waals surface area contributed by atoms with E-state index in [9.17, 15) is 18.0 Å². The van der Waals surface area contributed by atoms with Gasteiger partial charge in [0.25, 0.3) is 0 Å². The van der Waals surface area contributed by atoms with Crippen molar-refractivity contribution in [2.45, 2.75) is 64.0 Å². The lowest BCUT2D eigenvalue weighted by Gasteiger charge is -2.20. The van der Waals surface area contributed by atoms with Gasteiger partial charge in [0.2, 0.25) is 15.9 Å². The van der Waals surface area contributed by atoms with E-state index < -0.39 is 27.3 Å². The Morgan fingerprint density at radius 2 is 1.70 bits per heavy atom. The molecule has 3 N–H and O–H groups in total. The normalized spacial score (nSPS) is 12.4. The van der Waals surface area contributed by atoms with Gasteiger partial charge in [0.05, 0.1) is 4.90 Å². The third-order valence-corrected chi connectivity index (χ3v) is 4.64. The maximum atomic E-state index is 12.4. The summed E-state index contributed by atoms with van der Waals surface area (Å²) in [7, 11) is -3.70. The second-order valence-corrected chi connectivity index (χ2v) is 9.79. The number of nitrogens with one attached hydrogen (secondary N) is 3. The van der Waals surface area contributed by atoms with Gasteiger partial charge in [0.15, 0.2) is 0 Å². The number of hydrogen-bond donors (Lipinski definition) is 3. The zero-order valence-corrected chi connectivity index (χ0v) is 17.5. The Kier molecular flexibility index (Phi) is 7.39. The van der Waals surface area contributed by atoms with Gasteiger partial charge in [-0.3, -0.25) is 4.79 Å². The van der Waals surface area contributed by atoms with E-state index in [0.29, 0.717) is 5.69 Å². The molecule has 8 nitrogen and oxygen atoms in total. The van der Waals surface area contributed by atoms with Gasteiger partial charge >= 0.3 is 6.09 Å². The monoisotopic (exact) mass is 399 g/mol. The van der Waals surface area contributed by atoms with Crippen LogP contribution in [-0.2, 0) is 19.6 Å². The van der Waals surface area contributed by atoms with Crippen LogP contribution in [0.5, 0.6) is 0 Å². The largest absolute Gasteiger partial charge is 0.444 e. The minimum Gasteiger partial charge on any atom is -0.444 e. The number of benzene rings is 1. The highest BCUT2D eigenvalue weighted by molar-refractivity contribution is 7.89. The molecular formula is C18H29N3O5S. The molecule has 0 unspecified atom stereocenters. The molecule has 0 aromatic heterocycles. The van der Waals surface area contributed by atoms with Crippen molar-refractivity contribution in [3.8, 4) is 0 Å². The highest BCUT2D eigenvalue weighted by atomic mass is 32.2. The summed E-state index contributed by atoms with van der Waals surface area (Å²) in [6.45, 7) is 10.6. The van der Waals surface area contributed by atoms with E-state index in [1.165, 1.54) is 12.1 Å². The number of hydrogen-bond acceptors (Lipinski definition) is 5. The molecule has 0 radical (unpaired) electrons. The Morgan fingerprint density at radius 1 is 1.07 bits per heavy atom. The van der Waals surface area contributed by atoms with Crippen molar-refractivity contribution in [2.24, 2.45) is 0 Å². The van der Waals surface area contributed by atoms with E-state index >= 15 is 0 Å². The van der Waals surface area contributed by atoms with Crippen molar-refractivity contribution in [1.82, 2.24) is 10.0 Å². The Bertz CT molecular complexity index is 777. The number of rotatable bonds is 6. The van der Waals surface area contributed by atoms with E-state index in [1.807, 2.05) is 0 Å². The van der Waals surface area contributed by atoms with E-state index in [2.05, 4.69) is 15.4 Å². The first-order valence-corrected chi connectivity index (χ1v) is 10.1. The molecule has 27 heavy (non-hydrogen) atoms. The third kappa shape index (κ3) is 9.39. The van der Waals surface area contributed by atoms with E-state index in [4.69, 9.17) is 4.74 Å². The van der Waals surface area contributed by atoms with Crippen LogP contribution >= 0.6 is 0 Å². The molecule has 0 aliphatic heterocycles. The van der Waals surface area contributed by atoms with Crippen molar-refractivity contribution in [2.75, 3.05) is 11.9 Å². The second-order valence-electron chi connectivity index (χ2n) is 8.11. The standard InChI is InChI=1S/C18H29N3O5S/c1-17(2,3)21-27(24,25)14-9-7-8-13(12-14)20-15(22)10-11-19-16(23)26-18(4,5)6/h7-9,12,21H,10-11H2,1-6H3,(H,19,23)(H,20,22). The molecule has 0 aliphatic rings. The molecule has 0 bridgehead atoms. The highest BCUT2D eigenvalue weighted by Gasteiger charge is 2.22. The van der Waals surface area contributed by atoms with Crippen molar-refractivity contribution in [1.29, 1.82) is 0 Å². The lowest BCUT2D eigenvalue weighted by Crippen LogP contribution is -2.40. The molecular weight excluding hydrogens is 370 g/mol. The average molecular weight is 400 g/mol. The van der Waals surface area contributed by atoms with Crippen LogP contribution in [0.4, 0.5) is 10.5 Å². The fraction of sp³-hybridized carbons (Fsp3) is 0.556. The maximum Gasteiger partial charge on any atom is 0.407 e. The number of ether oxygens (including phenoxy) is 1. The fourth-order valence-corrected chi connectivity index (χ4v) is 3.48. The van der Waals surface area contributed by atoms with Crippen molar-refractivity contribution in [3.05, 3.63) is 24.3 Å². The molecule has 0 aliphatic carbocycles. The number of sulfonamides is 1. The smallest absolute Gasteiger partial charge is 0.407 e. The Morgan fingerprint density at radius 3 is 2.26 bits per heavy atom. The van der Waals surface area contributed by atoms with Gasteiger partial charge in [-0.05, 0) is 59.7 Å². The maximum absolute atomic E-state index is 12.4. The van der Waals surface area contributed by atoms with Gasteiger partial charge < -0.3 is 15.4 Å². The lowest BCUT2D eigenvalue weighted by atomic mass is 10.1. The summed E-state index contributed by atoms with van der Waals surface area (Å²) < 4.78 is 32.4. The van der Waals surface area contributed by atoms with Crippen LogP contribution in [0.15, 0.2) is 29.2 Å². The van der Waals surface area contributed by atoms with Crippen LogP contribution in [0.1, 0.15) is 48.0 Å². The Hall–Kier alpha value is -2.13. The Balaban J connectivity index is 2.62. The number of alkyl carbamates (subject to hydrolysis) is 1. The fourth-order valence-electron chi connectivity index (χ4n) is 2.02. The second kappa shape index (κ2) is 8.71. The first-order valence-electron chi connectivity index (χ1n) is 8.59. The van der Waals surface area contributed by atoms with Crippen LogP contribution in [-0.4, -0.2) is 38.1 Å². The number of amides is 2. The quantitative estimate of drug-likeness (QED) is 0.680. The summed E-state index contributed by atoms with van der Waals surface area (Å²) in [6.07, 6.45) is -0.576. The van der Waals surface area contributed by atoms with Crippen molar-refractivity contribution < 1.29 is 22.7 Å². The minimum atomic E-state index is -3.70. The number of anilines is 1. The first-order chi connectivity index (χ1) is 12.2. The molecule has 0 saturated carbocycles. The molecule has 152 valence electrons. The van der Waals surface area contributed by atoms with Crippen molar-refractivity contribution >= 4 is 27.7 Å². The topological polar surface area (TPSA) is 114 Å². The summed E-state index contributed by atoms with van der Waals surface area (Å²) in [5.74, 6) is -0.357. The van der Waals surface area contributed by atoms with Gasteiger partial charge in [-0.15, -0.1) is 0 Å². The van der Waals surface area contributed by atoms with Crippen LogP contribution in [0, 0.1) is 0 Å². The van der Waals surface area contributed by atoms with Gasteiger partial charge in [0.1, 0.15) is 5.60 Å². The predicted molar refractivity (Wildman–Crippen MR) is 104 cm³/mol. The summed E-state index contributed by atoms with van der Waals surface area (Å²) in [5.41, 5.74) is -0.876. The molecule has 1 rings (SSSR count). The summed E-state index contributed by atoms with van der Waals surface area (Å²) in [6, 6.07) is 5.97. The zero-order chi connectivity index (χ0) is 20.9. The van der Waals surface area contributed by atoms with Gasteiger partial charge in [0, 0.05) is 24.2 Å². The molecule has 0 saturated heterocycles. The molecule has 0 fully saturated rings. The first kappa shape index (κ1) is 22.9. The van der Waals surface area contributed by atoms with E-state index in [-0.39, 0.29) is 23.8 Å². The summed E-state index contributed by atoms with van der Waals surface area (Å²) >= 11 is 0. The summed E-state index contributed by atoms with van der Waals surface area (Å²) in [5, 5.41) is 5.11. The van der Waals surface area contributed by atoms with E-state index in [0.717, 1.165) is 0 Å². The van der Waals surface area contributed by atoms with Crippen LogP contribution < -0.4 is 15.4 Å². The van der Waals surface area contributed by atoms with Crippen LogP contribution in [0.3, 0.4) is 0 Å². The molecule has 0 atom stereocenters. The molecule has 0 spiro atoms. The minimum absolute atomic E-state index is 0.0243. The van der Waals surface area contributed by atoms with Gasteiger partial charge in [-0.2, -0.15) is 0 Å².